The van der Waals surface area contributed by atoms with Crippen molar-refractivity contribution < 1.29 is 4.74 Å². The van der Waals surface area contributed by atoms with Crippen LogP contribution in [0.15, 0.2) is 36.8 Å². The molecule has 0 fully saturated rings. The molecule has 0 aliphatic carbocycles. The largest absolute Gasteiger partial charge is 0.491 e. The van der Waals surface area contributed by atoms with E-state index in [4.69, 9.17) is 4.74 Å². The average molecular weight is 326 g/mol. The summed E-state index contributed by atoms with van der Waals surface area (Å²) in [4.78, 5) is 8.40. The fourth-order valence-electron chi connectivity index (χ4n) is 1.38. The molecule has 3 nitrogen and oxygen atoms in total. The first-order chi connectivity index (χ1) is 7.81. The van der Waals surface area contributed by atoms with E-state index < -0.39 is 0 Å². The Hall–Kier alpha value is -1.17. The molecule has 2 aromatic heterocycles. The molecule has 0 atom stereocenters. The molecule has 2 aromatic rings. The molecule has 0 unspecified atom stereocenters. The molecular formula is C12H11IN2O. The molecule has 0 spiro atoms. The maximum atomic E-state index is 5.51. The summed E-state index contributed by atoms with van der Waals surface area (Å²) in [5.74, 6) is 0.824. The lowest BCUT2D eigenvalue weighted by Gasteiger charge is -2.07. The van der Waals surface area contributed by atoms with Gasteiger partial charge in [0.1, 0.15) is 3.70 Å². The predicted molar refractivity (Wildman–Crippen MR) is 71.4 cm³/mol. The third-order valence-corrected chi connectivity index (χ3v) is 2.91. The van der Waals surface area contributed by atoms with Gasteiger partial charge in [-0.1, -0.05) is 6.07 Å². The van der Waals surface area contributed by atoms with Gasteiger partial charge in [0.2, 0.25) is 0 Å². The molecule has 0 saturated carbocycles. The molecule has 0 amide bonds. The molecular weight excluding hydrogens is 315 g/mol. The predicted octanol–water partition coefficient (Wildman–Crippen LogP) is 3.15. The van der Waals surface area contributed by atoms with Crippen LogP contribution in [0, 0.1) is 3.70 Å². The van der Waals surface area contributed by atoms with Crippen molar-refractivity contribution >= 4 is 22.6 Å². The normalized spacial score (nSPS) is 10.1. The highest BCUT2D eigenvalue weighted by atomic mass is 127. The van der Waals surface area contributed by atoms with Gasteiger partial charge in [-0.2, -0.15) is 0 Å². The Bertz CT molecular complexity index is 474. The summed E-state index contributed by atoms with van der Waals surface area (Å²) in [5.41, 5.74) is 2.07. The highest BCUT2D eigenvalue weighted by molar-refractivity contribution is 14.1. The number of nitrogens with zero attached hydrogens (tertiary/aromatic N) is 2. The topological polar surface area (TPSA) is 35.0 Å². The molecule has 0 aromatic carbocycles. The molecule has 82 valence electrons. The minimum absolute atomic E-state index is 0.647. The Balaban J connectivity index is 2.40. The fraction of sp³-hybridized carbons (Fsp3) is 0.167. The van der Waals surface area contributed by atoms with Crippen LogP contribution in [-0.2, 0) is 0 Å². The van der Waals surface area contributed by atoms with Gasteiger partial charge in [0.25, 0.3) is 0 Å². The van der Waals surface area contributed by atoms with Gasteiger partial charge < -0.3 is 4.74 Å². The first kappa shape index (κ1) is 11.3. The van der Waals surface area contributed by atoms with Crippen LogP contribution < -0.4 is 4.74 Å². The van der Waals surface area contributed by atoms with Crippen LogP contribution in [0.4, 0.5) is 0 Å². The quantitative estimate of drug-likeness (QED) is 0.642. The Morgan fingerprint density at radius 1 is 1.31 bits per heavy atom. The lowest BCUT2D eigenvalue weighted by Crippen LogP contribution is -1.96. The summed E-state index contributed by atoms with van der Waals surface area (Å²) in [6, 6.07) is 5.91. The van der Waals surface area contributed by atoms with E-state index in [0.29, 0.717) is 6.61 Å². The van der Waals surface area contributed by atoms with Crippen molar-refractivity contribution in [1.29, 1.82) is 0 Å². The van der Waals surface area contributed by atoms with E-state index >= 15 is 0 Å². The van der Waals surface area contributed by atoms with Gasteiger partial charge in [0, 0.05) is 29.7 Å². The maximum absolute atomic E-state index is 5.51. The molecule has 16 heavy (non-hydrogen) atoms. The number of rotatable bonds is 3. The molecule has 2 rings (SSSR count). The van der Waals surface area contributed by atoms with Gasteiger partial charge in [-0.05, 0) is 41.6 Å². The van der Waals surface area contributed by atoms with E-state index in [1.165, 1.54) is 0 Å². The number of ether oxygens (including phenoxy) is 1. The summed E-state index contributed by atoms with van der Waals surface area (Å²) in [6.45, 7) is 2.61. The number of pyridine rings is 2. The first-order valence-corrected chi connectivity index (χ1v) is 6.08. The summed E-state index contributed by atoms with van der Waals surface area (Å²) < 4.78 is 6.39. The number of hydrogen-bond acceptors (Lipinski definition) is 3. The zero-order chi connectivity index (χ0) is 11.4. The van der Waals surface area contributed by atoms with Crippen LogP contribution in [0.25, 0.3) is 11.1 Å². The van der Waals surface area contributed by atoms with E-state index in [1.54, 1.807) is 6.20 Å². The van der Waals surface area contributed by atoms with Gasteiger partial charge in [-0.15, -0.1) is 0 Å². The maximum Gasteiger partial charge on any atom is 0.151 e. The smallest absolute Gasteiger partial charge is 0.151 e. The van der Waals surface area contributed by atoms with E-state index in [9.17, 15) is 0 Å². The summed E-state index contributed by atoms with van der Waals surface area (Å²) in [7, 11) is 0. The highest BCUT2D eigenvalue weighted by Crippen LogP contribution is 2.25. The van der Waals surface area contributed by atoms with Gasteiger partial charge in [0.15, 0.2) is 5.75 Å². The third kappa shape index (κ3) is 2.49. The van der Waals surface area contributed by atoms with Crippen molar-refractivity contribution in [3.8, 4) is 16.9 Å². The lowest BCUT2D eigenvalue weighted by molar-refractivity contribution is 0.336. The summed E-state index contributed by atoms with van der Waals surface area (Å²) >= 11 is 2.17. The minimum Gasteiger partial charge on any atom is -0.491 e. The van der Waals surface area contributed by atoms with Crippen LogP contribution in [0.5, 0.6) is 5.75 Å². The van der Waals surface area contributed by atoms with Crippen molar-refractivity contribution in [3.05, 3.63) is 40.5 Å². The molecule has 0 aliphatic rings. The zero-order valence-electron chi connectivity index (χ0n) is 8.85. The zero-order valence-corrected chi connectivity index (χ0v) is 11.0. The third-order valence-electron chi connectivity index (χ3n) is 2.10. The molecule has 0 N–H and O–H groups in total. The van der Waals surface area contributed by atoms with E-state index in [-0.39, 0.29) is 0 Å². The minimum atomic E-state index is 0.647. The van der Waals surface area contributed by atoms with Crippen LogP contribution in [0.1, 0.15) is 6.92 Å². The van der Waals surface area contributed by atoms with Crippen molar-refractivity contribution in [3.63, 3.8) is 0 Å². The molecule has 4 heteroatoms. The van der Waals surface area contributed by atoms with Gasteiger partial charge in [-0.25, -0.2) is 4.98 Å². The van der Waals surface area contributed by atoms with Gasteiger partial charge in [-0.3, -0.25) is 4.98 Å². The Labute approximate surface area is 108 Å². The van der Waals surface area contributed by atoms with Crippen molar-refractivity contribution in [2.75, 3.05) is 6.61 Å². The monoisotopic (exact) mass is 326 g/mol. The van der Waals surface area contributed by atoms with E-state index in [0.717, 1.165) is 20.6 Å². The van der Waals surface area contributed by atoms with E-state index in [1.807, 2.05) is 37.5 Å². The Morgan fingerprint density at radius 2 is 2.19 bits per heavy atom. The van der Waals surface area contributed by atoms with Crippen molar-refractivity contribution in [1.82, 2.24) is 9.97 Å². The summed E-state index contributed by atoms with van der Waals surface area (Å²) in [6.07, 6.45) is 5.41. The lowest BCUT2D eigenvalue weighted by atomic mass is 10.1. The second-order valence-electron chi connectivity index (χ2n) is 3.19. The Kier molecular flexibility index (Phi) is 3.71. The number of hydrogen-bond donors (Lipinski definition) is 0. The Morgan fingerprint density at radius 3 is 2.88 bits per heavy atom. The van der Waals surface area contributed by atoms with Crippen LogP contribution >= 0.6 is 22.6 Å². The van der Waals surface area contributed by atoms with Crippen LogP contribution in [-0.4, -0.2) is 16.6 Å². The molecule has 2 heterocycles. The second kappa shape index (κ2) is 5.25. The molecule has 0 bridgehead atoms. The van der Waals surface area contributed by atoms with Crippen molar-refractivity contribution in [2.45, 2.75) is 6.92 Å². The molecule has 0 aliphatic heterocycles. The van der Waals surface area contributed by atoms with Gasteiger partial charge in [0.05, 0.1) is 6.61 Å². The highest BCUT2D eigenvalue weighted by Gasteiger charge is 2.05. The van der Waals surface area contributed by atoms with E-state index in [2.05, 4.69) is 32.6 Å². The van der Waals surface area contributed by atoms with Gasteiger partial charge >= 0.3 is 0 Å². The summed E-state index contributed by atoms with van der Waals surface area (Å²) in [5, 5.41) is 0. The van der Waals surface area contributed by atoms with Crippen molar-refractivity contribution in [2.24, 2.45) is 0 Å². The van der Waals surface area contributed by atoms with Crippen LogP contribution in [0.2, 0.25) is 0 Å². The average Bonchev–Trinajstić information content (AvgIpc) is 2.33. The second-order valence-corrected chi connectivity index (χ2v) is 4.21. The van der Waals surface area contributed by atoms with Crippen LogP contribution in [0.3, 0.4) is 0 Å². The molecule has 0 saturated heterocycles. The standard InChI is InChI=1S/C12H11IN2O/c1-2-16-11-6-10(8-15-12(11)13)9-4-3-5-14-7-9/h3-8H,2H2,1H3. The molecule has 0 radical (unpaired) electrons. The fourth-order valence-corrected chi connectivity index (χ4v) is 1.83. The first-order valence-electron chi connectivity index (χ1n) is 5.00. The number of halogens is 1. The SMILES string of the molecule is CCOc1cc(-c2cccnc2)cnc1I. The number of aromatic nitrogens is 2.